The molecule has 1 N–H and O–H groups in total. The fourth-order valence-electron chi connectivity index (χ4n) is 2.20. The Hall–Kier alpha value is -2.88. The third kappa shape index (κ3) is 2.76. The molecule has 4 heteroatoms. The molecule has 0 bridgehead atoms. The third-order valence-electron chi connectivity index (χ3n) is 3.34. The molecule has 0 aliphatic heterocycles. The minimum atomic E-state index is -0.472. The number of carbonyl (C=O) groups is 1. The first-order chi connectivity index (χ1) is 10.6. The summed E-state index contributed by atoms with van der Waals surface area (Å²) in [4.78, 5) is 12.3. The normalized spacial score (nSPS) is 10.5. The van der Waals surface area contributed by atoms with E-state index in [1.165, 1.54) is 12.1 Å². The number of carbonyl (C=O) groups excluding carboxylic acids is 1. The summed E-state index contributed by atoms with van der Waals surface area (Å²) in [5.74, 6) is 0.235. The number of hydrogen-bond acceptors (Lipinski definition) is 2. The Labute approximate surface area is 127 Å². The van der Waals surface area contributed by atoms with Gasteiger partial charge in [-0.05, 0) is 25.1 Å². The standard InChI is InChI=1S/C18H14FNO2/c1-12-14(11-17(22-12)13-7-3-2-4-8-13)18(21)20-16-10-6-5-9-15(16)19/h2-11H,1H3,(H,20,21). The number of para-hydroxylation sites is 1. The minimum absolute atomic E-state index is 0.148. The van der Waals surface area contributed by atoms with E-state index in [1.54, 1.807) is 25.1 Å². The first-order valence-corrected chi connectivity index (χ1v) is 6.87. The lowest BCUT2D eigenvalue weighted by atomic mass is 10.1. The average Bonchev–Trinajstić information content (AvgIpc) is 2.92. The van der Waals surface area contributed by atoms with Crippen molar-refractivity contribution in [1.82, 2.24) is 0 Å². The molecule has 0 radical (unpaired) electrons. The van der Waals surface area contributed by atoms with E-state index in [9.17, 15) is 9.18 Å². The Bertz CT molecular complexity index is 809. The second-order valence-electron chi connectivity index (χ2n) is 4.88. The van der Waals surface area contributed by atoms with Crippen LogP contribution in [-0.4, -0.2) is 5.91 Å². The summed E-state index contributed by atoms with van der Waals surface area (Å²) in [6.45, 7) is 1.71. The first-order valence-electron chi connectivity index (χ1n) is 6.87. The molecule has 3 nitrogen and oxygen atoms in total. The van der Waals surface area contributed by atoms with Gasteiger partial charge < -0.3 is 9.73 Å². The van der Waals surface area contributed by atoms with E-state index in [1.807, 2.05) is 30.3 Å². The molecule has 0 saturated heterocycles. The molecule has 0 unspecified atom stereocenters. The molecule has 1 aromatic heterocycles. The van der Waals surface area contributed by atoms with Gasteiger partial charge in [0.25, 0.3) is 5.91 Å². The summed E-state index contributed by atoms with van der Waals surface area (Å²) in [7, 11) is 0. The van der Waals surface area contributed by atoms with Gasteiger partial charge in [-0.15, -0.1) is 0 Å². The Morgan fingerprint density at radius 3 is 2.45 bits per heavy atom. The van der Waals surface area contributed by atoms with Gasteiger partial charge in [0.1, 0.15) is 17.3 Å². The zero-order valence-electron chi connectivity index (χ0n) is 12.0. The molecule has 0 aliphatic rings. The van der Waals surface area contributed by atoms with Crippen molar-refractivity contribution >= 4 is 11.6 Å². The molecular formula is C18H14FNO2. The zero-order valence-corrected chi connectivity index (χ0v) is 12.0. The van der Waals surface area contributed by atoms with Gasteiger partial charge in [0.05, 0.1) is 11.3 Å². The molecule has 0 atom stereocenters. The topological polar surface area (TPSA) is 42.2 Å². The van der Waals surface area contributed by atoms with Crippen LogP contribution in [0.4, 0.5) is 10.1 Å². The summed E-state index contributed by atoms with van der Waals surface area (Å²) in [5, 5.41) is 2.56. The predicted molar refractivity (Wildman–Crippen MR) is 83.2 cm³/mol. The number of anilines is 1. The smallest absolute Gasteiger partial charge is 0.259 e. The first kappa shape index (κ1) is 14.1. The van der Waals surface area contributed by atoms with E-state index in [0.29, 0.717) is 17.1 Å². The summed E-state index contributed by atoms with van der Waals surface area (Å²) < 4.78 is 19.2. The van der Waals surface area contributed by atoms with E-state index < -0.39 is 11.7 Å². The van der Waals surface area contributed by atoms with Gasteiger partial charge in [0.15, 0.2) is 0 Å². The fourth-order valence-corrected chi connectivity index (χ4v) is 2.20. The van der Waals surface area contributed by atoms with Gasteiger partial charge in [-0.1, -0.05) is 42.5 Å². The van der Waals surface area contributed by atoms with E-state index >= 15 is 0 Å². The summed E-state index contributed by atoms with van der Waals surface area (Å²) in [6.07, 6.45) is 0. The summed E-state index contributed by atoms with van der Waals surface area (Å²) in [5.41, 5.74) is 1.42. The molecule has 0 aliphatic carbocycles. The number of furan rings is 1. The van der Waals surface area contributed by atoms with Crippen LogP contribution < -0.4 is 5.32 Å². The van der Waals surface area contributed by atoms with Gasteiger partial charge in [-0.2, -0.15) is 0 Å². The zero-order chi connectivity index (χ0) is 15.5. The summed E-state index contributed by atoms with van der Waals surface area (Å²) >= 11 is 0. The predicted octanol–water partition coefficient (Wildman–Crippen LogP) is 4.65. The van der Waals surface area contributed by atoms with Crippen molar-refractivity contribution in [3.05, 3.63) is 77.8 Å². The Morgan fingerprint density at radius 2 is 1.73 bits per heavy atom. The van der Waals surface area contributed by atoms with E-state index in [2.05, 4.69) is 5.32 Å². The van der Waals surface area contributed by atoms with Crippen LogP contribution in [-0.2, 0) is 0 Å². The number of aryl methyl sites for hydroxylation is 1. The molecule has 1 heterocycles. The van der Waals surface area contributed by atoms with Crippen LogP contribution in [0, 0.1) is 12.7 Å². The largest absolute Gasteiger partial charge is 0.461 e. The van der Waals surface area contributed by atoms with Crippen molar-refractivity contribution in [3.8, 4) is 11.3 Å². The third-order valence-corrected chi connectivity index (χ3v) is 3.34. The highest BCUT2D eigenvalue weighted by atomic mass is 19.1. The molecule has 0 saturated carbocycles. The Balaban J connectivity index is 1.88. The molecule has 3 rings (SSSR count). The molecule has 0 spiro atoms. The van der Waals surface area contributed by atoms with E-state index in [0.717, 1.165) is 5.56 Å². The number of amides is 1. The highest BCUT2D eigenvalue weighted by Crippen LogP contribution is 2.26. The quantitative estimate of drug-likeness (QED) is 0.764. The molecule has 1 amide bonds. The number of hydrogen-bond donors (Lipinski definition) is 1. The highest BCUT2D eigenvalue weighted by molar-refractivity contribution is 6.05. The van der Waals surface area contributed by atoms with Crippen molar-refractivity contribution < 1.29 is 13.6 Å². The average molecular weight is 295 g/mol. The fraction of sp³-hybridized carbons (Fsp3) is 0.0556. The molecule has 3 aromatic rings. The van der Waals surface area contributed by atoms with Gasteiger partial charge in [0.2, 0.25) is 0 Å². The maximum absolute atomic E-state index is 13.6. The molecule has 110 valence electrons. The van der Waals surface area contributed by atoms with Crippen molar-refractivity contribution in [2.45, 2.75) is 6.92 Å². The van der Waals surface area contributed by atoms with Crippen LogP contribution in [0.5, 0.6) is 0 Å². The van der Waals surface area contributed by atoms with Crippen LogP contribution in [0.25, 0.3) is 11.3 Å². The molecule has 2 aromatic carbocycles. The van der Waals surface area contributed by atoms with E-state index in [4.69, 9.17) is 4.42 Å². The lowest BCUT2D eigenvalue weighted by molar-refractivity contribution is 0.102. The number of benzene rings is 2. The monoisotopic (exact) mass is 295 g/mol. The minimum Gasteiger partial charge on any atom is -0.461 e. The van der Waals surface area contributed by atoms with Crippen LogP contribution in [0.15, 0.2) is 65.1 Å². The lowest BCUT2D eigenvalue weighted by Crippen LogP contribution is -2.13. The van der Waals surface area contributed by atoms with Gasteiger partial charge in [0, 0.05) is 5.56 Å². The van der Waals surface area contributed by atoms with Gasteiger partial charge in [-0.3, -0.25) is 4.79 Å². The SMILES string of the molecule is Cc1oc(-c2ccccc2)cc1C(=O)Nc1ccccc1F. The van der Waals surface area contributed by atoms with Crippen LogP contribution in [0.2, 0.25) is 0 Å². The van der Waals surface area contributed by atoms with Gasteiger partial charge in [-0.25, -0.2) is 4.39 Å². The van der Waals surface area contributed by atoms with Crippen LogP contribution in [0.3, 0.4) is 0 Å². The number of halogens is 1. The molecular weight excluding hydrogens is 281 g/mol. The Morgan fingerprint density at radius 1 is 1.05 bits per heavy atom. The van der Waals surface area contributed by atoms with Gasteiger partial charge >= 0.3 is 0 Å². The number of nitrogens with one attached hydrogen (secondary N) is 1. The lowest BCUT2D eigenvalue weighted by Gasteiger charge is -2.04. The molecule has 22 heavy (non-hydrogen) atoms. The molecule has 0 fully saturated rings. The second-order valence-corrected chi connectivity index (χ2v) is 4.88. The van der Waals surface area contributed by atoms with Crippen molar-refractivity contribution in [2.75, 3.05) is 5.32 Å². The van der Waals surface area contributed by atoms with Crippen molar-refractivity contribution in [3.63, 3.8) is 0 Å². The van der Waals surface area contributed by atoms with Crippen molar-refractivity contribution in [2.24, 2.45) is 0 Å². The Kier molecular flexibility index (Phi) is 3.74. The summed E-state index contributed by atoms with van der Waals surface area (Å²) in [6, 6.07) is 17.2. The maximum atomic E-state index is 13.6. The van der Waals surface area contributed by atoms with Crippen molar-refractivity contribution in [1.29, 1.82) is 0 Å². The van der Waals surface area contributed by atoms with Crippen LogP contribution >= 0.6 is 0 Å². The highest BCUT2D eigenvalue weighted by Gasteiger charge is 2.17. The maximum Gasteiger partial charge on any atom is 0.259 e. The second kappa shape index (κ2) is 5.85. The number of rotatable bonds is 3. The van der Waals surface area contributed by atoms with E-state index in [-0.39, 0.29) is 5.69 Å². The van der Waals surface area contributed by atoms with Crippen LogP contribution in [0.1, 0.15) is 16.1 Å².